The van der Waals surface area contributed by atoms with Crippen molar-refractivity contribution in [2.24, 2.45) is 4.99 Å². The highest BCUT2D eigenvalue weighted by Crippen LogP contribution is 2.43. The van der Waals surface area contributed by atoms with Crippen LogP contribution in [0.25, 0.3) is 0 Å². The number of hydrogen-bond donors (Lipinski definition) is 3. The molecule has 0 spiro atoms. The van der Waals surface area contributed by atoms with Gasteiger partial charge in [-0.1, -0.05) is 36.4 Å². The van der Waals surface area contributed by atoms with Crippen LogP contribution in [0.15, 0.2) is 108 Å². The van der Waals surface area contributed by atoms with Crippen LogP contribution in [0.4, 0.5) is 28.4 Å². The van der Waals surface area contributed by atoms with E-state index in [2.05, 4.69) is 11.4 Å². The van der Waals surface area contributed by atoms with E-state index >= 15 is 0 Å². The topological polar surface area (TPSA) is 177 Å². The number of carbonyl (C=O) groups excluding carboxylic acids is 3. The van der Waals surface area contributed by atoms with Crippen molar-refractivity contribution in [3.8, 4) is 34.8 Å². The Balaban J connectivity index is 0.897. The maximum Gasteiger partial charge on any atom is 0.333 e. The third-order valence-electron chi connectivity index (χ3n) is 12.6. The van der Waals surface area contributed by atoms with Gasteiger partial charge in [0.25, 0.3) is 11.8 Å². The second-order valence-corrected chi connectivity index (χ2v) is 16.9. The molecule has 0 fully saturated rings. The van der Waals surface area contributed by atoms with Gasteiger partial charge in [-0.15, -0.1) is 4.73 Å². The van der Waals surface area contributed by atoms with E-state index in [9.17, 15) is 24.6 Å². The van der Waals surface area contributed by atoms with Crippen molar-refractivity contribution in [2.45, 2.75) is 51.0 Å². The maximum atomic E-state index is 14.1. The van der Waals surface area contributed by atoms with Crippen LogP contribution in [0.5, 0.6) is 34.8 Å². The van der Waals surface area contributed by atoms with Crippen molar-refractivity contribution in [1.82, 2.24) is 4.73 Å². The quantitative estimate of drug-likeness (QED) is 0.100. The van der Waals surface area contributed by atoms with Gasteiger partial charge >= 0.3 is 5.97 Å². The zero-order valence-corrected chi connectivity index (χ0v) is 37.1. The lowest BCUT2D eigenvalue weighted by atomic mass is 10.1. The van der Waals surface area contributed by atoms with Gasteiger partial charge in [-0.05, 0) is 77.6 Å². The van der Waals surface area contributed by atoms with Crippen molar-refractivity contribution in [1.29, 1.82) is 0 Å². The average molecular weight is 905 g/mol. The molecule has 0 saturated heterocycles. The molecule has 5 heterocycles. The Hall–Kier alpha value is -8.14. The highest BCUT2D eigenvalue weighted by atomic mass is 16.7. The molecule has 4 aliphatic heterocycles. The van der Waals surface area contributed by atoms with Gasteiger partial charge in [0.2, 0.25) is 11.8 Å². The first kappa shape index (κ1) is 42.8. The third-order valence-corrected chi connectivity index (χ3v) is 12.6. The summed E-state index contributed by atoms with van der Waals surface area (Å²) in [5, 5.41) is 23.3. The predicted molar refractivity (Wildman–Crippen MR) is 251 cm³/mol. The zero-order chi connectivity index (χ0) is 46.3. The first-order chi connectivity index (χ1) is 32.6. The van der Waals surface area contributed by atoms with Crippen LogP contribution in [0, 0.1) is 0 Å². The van der Waals surface area contributed by atoms with E-state index in [0.29, 0.717) is 76.2 Å². The Kier molecular flexibility index (Phi) is 11.3. The summed E-state index contributed by atoms with van der Waals surface area (Å²) >= 11 is 0. The summed E-state index contributed by atoms with van der Waals surface area (Å²) < 4.78 is 25.2. The van der Waals surface area contributed by atoms with Crippen molar-refractivity contribution >= 4 is 52.4 Å². The number of fused-ring (bicyclic) bond motifs is 8. The summed E-state index contributed by atoms with van der Waals surface area (Å²) in [6.45, 7) is 1.24. The number of aromatic hydroxyl groups is 2. The molecule has 3 N–H and O–H groups in total. The monoisotopic (exact) mass is 904 g/mol. The SMILES string of the molecule is COc1cc2c(cc1OCc1cc(COc3cc4c(cc3OC)C(=O)N3c5ccccc5CC3CN4)cc(N(C)CCCC(=O)On3c(O)ccc3O)c1)N=CC1Cc3ccccc3N1C2=O. The number of anilines is 4. The number of ether oxygens (including phenoxy) is 4. The van der Waals surface area contributed by atoms with Gasteiger partial charge in [0.05, 0.1) is 48.8 Å². The Labute approximate surface area is 386 Å². The van der Waals surface area contributed by atoms with E-state index < -0.39 is 17.7 Å². The van der Waals surface area contributed by atoms with Crippen LogP contribution in [0.2, 0.25) is 0 Å². The molecule has 16 nitrogen and oxygen atoms in total. The first-order valence-corrected chi connectivity index (χ1v) is 22.0. The van der Waals surface area contributed by atoms with Gasteiger partial charge < -0.3 is 49.1 Å². The normalized spacial score (nSPS) is 16.3. The van der Waals surface area contributed by atoms with Crippen LogP contribution in [0.1, 0.15) is 55.8 Å². The molecule has 0 aliphatic carbocycles. The molecule has 1 aromatic heterocycles. The van der Waals surface area contributed by atoms with Gasteiger partial charge in [-0.3, -0.25) is 19.5 Å². The first-order valence-electron chi connectivity index (χ1n) is 22.0. The zero-order valence-electron chi connectivity index (χ0n) is 37.1. The molecular weight excluding hydrogens is 857 g/mol. The Morgan fingerprint density at radius 1 is 0.746 bits per heavy atom. The number of nitrogens with one attached hydrogen (secondary N) is 1. The van der Waals surface area contributed by atoms with E-state index in [4.69, 9.17) is 28.8 Å². The molecule has 6 aromatic rings. The summed E-state index contributed by atoms with van der Waals surface area (Å²) in [5.74, 6) is -0.0472. The lowest BCUT2D eigenvalue weighted by Gasteiger charge is -2.23. The number of aliphatic imine (C=N–C) groups is 1. The summed E-state index contributed by atoms with van der Waals surface area (Å²) in [5.41, 5.74) is 8.45. The molecule has 67 heavy (non-hydrogen) atoms. The number of nitrogens with zero attached hydrogens (tertiary/aromatic N) is 5. The van der Waals surface area contributed by atoms with E-state index in [1.165, 1.54) is 19.2 Å². The lowest BCUT2D eigenvalue weighted by Crippen LogP contribution is -2.39. The predicted octanol–water partition coefficient (Wildman–Crippen LogP) is 7.23. The fraction of sp³-hybridized carbons (Fsp3) is 0.255. The number of benzene rings is 5. The highest BCUT2D eigenvalue weighted by Gasteiger charge is 2.39. The molecule has 0 radical (unpaired) electrons. The number of rotatable bonds is 14. The molecule has 5 aromatic carbocycles. The standard InChI is InChI=1S/C51H48N6O10/c1-54(16-8-13-49(60)67-57-47(58)14-15-48(57)59)34-18-30(28-65-45-24-39-37(22-43(45)63-2)50(61)55-35(26-52-39)20-32-9-4-6-11-41(32)55)17-31(19-34)29-66-46-25-40-38(23-44(46)64-3)51(62)56-36(27-53-40)21-33-10-5-7-12-42(33)56/h4-7,9-12,14-15,17-19,22-26,35-36,53,58-59H,8,13,16,20-21,27-29H2,1-3H3. The fourth-order valence-corrected chi connectivity index (χ4v) is 9.29. The van der Waals surface area contributed by atoms with E-state index in [1.54, 1.807) is 30.2 Å². The highest BCUT2D eigenvalue weighted by molar-refractivity contribution is 6.15. The second-order valence-electron chi connectivity index (χ2n) is 16.9. The number of amides is 2. The van der Waals surface area contributed by atoms with Crippen molar-refractivity contribution in [3.63, 3.8) is 0 Å². The number of methoxy groups -OCH3 is 2. The van der Waals surface area contributed by atoms with Crippen molar-refractivity contribution < 1.29 is 48.4 Å². The second kappa shape index (κ2) is 17.7. The van der Waals surface area contributed by atoms with Crippen LogP contribution < -0.4 is 43.8 Å². The number of hydrogen-bond acceptors (Lipinski definition) is 13. The number of aromatic nitrogens is 1. The van der Waals surface area contributed by atoms with E-state index in [1.807, 2.05) is 89.8 Å². The van der Waals surface area contributed by atoms with Crippen molar-refractivity contribution in [2.75, 3.05) is 54.4 Å². The molecule has 2 amide bonds. The molecule has 16 heteroatoms. The Morgan fingerprint density at radius 3 is 2.04 bits per heavy atom. The molecule has 4 aliphatic rings. The largest absolute Gasteiger partial charge is 0.493 e. The third kappa shape index (κ3) is 8.15. The van der Waals surface area contributed by atoms with Crippen LogP contribution >= 0.6 is 0 Å². The smallest absolute Gasteiger partial charge is 0.333 e. The molecule has 2 unspecified atom stereocenters. The summed E-state index contributed by atoms with van der Waals surface area (Å²) in [6, 6.07) is 31.0. The fourth-order valence-electron chi connectivity index (χ4n) is 9.29. The van der Waals surface area contributed by atoms with Crippen LogP contribution in [-0.4, -0.2) is 85.4 Å². The van der Waals surface area contributed by atoms with Crippen LogP contribution in [0.3, 0.4) is 0 Å². The minimum Gasteiger partial charge on any atom is -0.493 e. The summed E-state index contributed by atoms with van der Waals surface area (Å²) in [4.78, 5) is 56.3. The molecule has 0 saturated carbocycles. The summed E-state index contributed by atoms with van der Waals surface area (Å²) in [7, 11) is 4.97. The van der Waals surface area contributed by atoms with Gasteiger partial charge in [0.1, 0.15) is 13.2 Å². The molecule has 2 atom stereocenters. The van der Waals surface area contributed by atoms with E-state index in [0.717, 1.165) is 45.7 Å². The molecule has 0 bridgehead atoms. The summed E-state index contributed by atoms with van der Waals surface area (Å²) in [6.07, 6.45) is 3.65. The maximum absolute atomic E-state index is 14.1. The minimum absolute atomic E-state index is 0.00791. The van der Waals surface area contributed by atoms with Crippen molar-refractivity contribution in [3.05, 3.63) is 137 Å². The minimum atomic E-state index is -0.631. The van der Waals surface area contributed by atoms with Gasteiger partial charge in [-0.2, -0.15) is 0 Å². The number of carbonyl (C=O) groups is 3. The van der Waals surface area contributed by atoms with Gasteiger partial charge in [0.15, 0.2) is 23.0 Å². The molecular formula is C51H48N6O10. The molecule has 10 rings (SSSR count). The lowest BCUT2D eigenvalue weighted by molar-refractivity contribution is -0.145. The number of para-hydroxylation sites is 2. The van der Waals surface area contributed by atoms with Gasteiger partial charge in [0, 0.05) is 80.5 Å². The van der Waals surface area contributed by atoms with Crippen LogP contribution in [-0.2, 0) is 30.8 Å². The molecule has 342 valence electrons. The average Bonchev–Trinajstić information content (AvgIpc) is 3.96. The Morgan fingerprint density at radius 2 is 1.36 bits per heavy atom. The Bertz CT molecular complexity index is 2950. The van der Waals surface area contributed by atoms with Gasteiger partial charge in [-0.25, -0.2) is 4.79 Å². The van der Waals surface area contributed by atoms with E-state index in [-0.39, 0.29) is 43.5 Å².